The minimum absolute atomic E-state index is 0.213. The lowest BCUT2D eigenvalue weighted by Gasteiger charge is -2.29. The first kappa shape index (κ1) is 11.5. The normalized spacial score (nSPS) is 18.6. The van der Waals surface area contributed by atoms with Crippen LogP contribution >= 0.6 is 11.6 Å². The van der Waals surface area contributed by atoms with E-state index in [0.717, 1.165) is 25.9 Å². The summed E-state index contributed by atoms with van der Waals surface area (Å²) in [5.74, 6) is 0.491. The quantitative estimate of drug-likeness (QED) is 0.858. The molecule has 1 aliphatic rings. The van der Waals surface area contributed by atoms with E-state index in [2.05, 4.69) is 16.9 Å². The molecule has 2 heterocycles. The van der Waals surface area contributed by atoms with Crippen molar-refractivity contribution < 1.29 is 4.74 Å². The number of likely N-dealkylation sites (tertiary alicyclic amines) is 1. The predicted molar refractivity (Wildman–Crippen MR) is 64.8 cm³/mol. The highest BCUT2D eigenvalue weighted by molar-refractivity contribution is 6.32. The van der Waals surface area contributed by atoms with Gasteiger partial charge in [0.25, 0.3) is 0 Å². The summed E-state index contributed by atoms with van der Waals surface area (Å²) in [6.45, 7) is 2.11. The lowest BCUT2D eigenvalue weighted by molar-refractivity contribution is 0.110. The number of hydrogen-bond donors (Lipinski definition) is 1. The summed E-state index contributed by atoms with van der Waals surface area (Å²) in [7, 11) is 2.12. The number of pyridine rings is 1. The predicted octanol–water partition coefficient (Wildman–Crippen LogP) is 1.79. The number of nitrogen functional groups attached to an aromatic ring is 1. The Labute approximate surface area is 100 Å². The van der Waals surface area contributed by atoms with Gasteiger partial charge >= 0.3 is 0 Å². The molecule has 16 heavy (non-hydrogen) atoms. The Hall–Kier alpha value is -1.00. The molecule has 2 rings (SSSR count). The van der Waals surface area contributed by atoms with Crippen LogP contribution in [0.2, 0.25) is 5.02 Å². The standard InChI is InChI=1S/C11H16ClN3O/c1-15-4-2-9(3-5-15)16-11-10(12)6-8(13)7-14-11/h6-7,9H,2-5,13H2,1H3. The van der Waals surface area contributed by atoms with E-state index >= 15 is 0 Å². The summed E-state index contributed by atoms with van der Waals surface area (Å²) < 4.78 is 5.76. The largest absolute Gasteiger partial charge is 0.473 e. The first-order valence-corrected chi connectivity index (χ1v) is 5.79. The van der Waals surface area contributed by atoms with Crippen molar-refractivity contribution in [3.8, 4) is 5.88 Å². The number of piperidine rings is 1. The fraction of sp³-hybridized carbons (Fsp3) is 0.545. The van der Waals surface area contributed by atoms with Crippen molar-refractivity contribution in [2.75, 3.05) is 25.9 Å². The highest BCUT2D eigenvalue weighted by Gasteiger charge is 2.19. The van der Waals surface area contributed by atoms with Gasteiger partial charge in [0.15, 0.2) is 0 Å². The smallest absolute Gasteiger partial charge is 0.232 e. The molecule has 88 valence electrons. The van der Waals surface area contributed by atoms with E-state index in [1.165, 1.54) is 0 Å². The molecular formula is C11H16ClN3O. The van der Waals surface area contributed by atoms with Crippen molar-refractivity contribution in [2.24, 2.45) is 0 Å². The van der Waals surface area contributed by atoms with E-state index in [1.807, 2.05) is 0 Å². The number of aromatic nitrogens is 1. The Kier molecular flexibility index (Phi) is 3.51. The van der Waals surface area contributed by atoms with Gasteiger partial charge in [-0.05, 0) is 26.0 Å². The Morgan fingerprint density at radius 3 is 2.81 bits per heavy atom. The fourth-order valence-electron chi connectivity index (χ4n) is 1.79. The van der Waals surface area contributed by atoms with E-state index in [-0.39, 0.29) is 6.10 Å². The van der Waals surface area contributed by atoms with Gasteiger partial charge in [-0.25, -0.2) is 4.98 Å². The molecule has 1 fully saturated rings. The molecule has 4 nitrogen and oxygen atoms in total. The van der Waals surface area contributed by atoms with Crippen LogP contribution in [0.4, 0.5) is 5.69 Å². The van der Waals surface area contributed by atoms with Crippen molar-refractivity contribution in [1.29, 1.82) is 0 Å². The van der Waals surface area contributed by atoms with Crippen LogP contribution in [0, 0.1) is 0 Å². The number of ether oxygens (including phenoxy) is 1. The van der Waals surface area contributed by atoms with Crippen LogP contribution < -0.4 is 10.5 Å². The lowest BCUT2D eigenvalue weighted by Crippen LogP contribution is -2.35. The van der Waals surface area contributed by atoms with Gasteiger partial charge in [0.2, 0.25) is 5.88 Å². The SMILES string of the molecule is CN1CCC(Oc2ncc(N)cc2Cl)CC1. The van der Waals surface area contributed by atoms with Crippen LogP contribution in [0.15, 0.2) is 12.3 Å². The van der Waals surface area contributed by atoms with E-state index in [0.29, 0.717) is 16.6 Å². The molecule has 1 saturated heterocycles. The van der Waals surface area contributed by atoms with Crippen molar-refractivity contribution in [1.82, 2.24) is 9.88 Å². The Morgan fingerprint density at radius 1 is 1.50 bits per heavy atom. The van der Waals surface area contributed by atoms with Gasteiger partial charge in [-0.15, -0.1) is 0 Å². The van der Waals surface area contributed by atoms with Crippen LogP contribution in [0.25, 0.3) is 0 Å². The molecule has 0 unspecified atom stereocenters. The fourth-order valence-corrected chi connectivity index (χ4v) is 2.01. The van der Waals surface area contributed by atoms with E-state index < -0.39 is 0 Å². The van der Waals surface area contributed by atoms with E-state index in [1.54, 1.807) is 12.3 Å². The number of nitrogens with zero attached hydrogens (tertiary/aromatic N) is 2. The number of nitrogens with two attached hydrogens (primary N) is 1. The van der Waals surface area contributed by atoms with Crippen molar-refractivity contribution in [3.63, 3.8) is 0 Å². The minimum Gasteiger partial charge on any atom is -0.473 e. The minimum atomic E-state index is 0.213. The van der Waals surface area contributed by atoms with Gasteiger partial charge < -0.3 is 15.4 Å². The van der Waals surface area contributed by atoms with Gasteiger partial charge in [-0.1, -0.05) is 11.6 Å². The molecule has 1 aliphatic heterocycles. The van der Waals surface area contributed by atoms with Crippen molar-refractivity contribution in [2.45, 2.75) is 18.9 Å². The molecule has 0 aromatic carbocycles. The average molecular weight is 242 g/mol. The zero-order valence-electron chi connectivity index (χ0n) is 9.32. The number of anilines is 1. The highest BCUT2D eigenvalue weighted by Crippen LogP contribution is 2.26. The molecule has 0 radical (unpaired) electrons. The lowest BCUT2D eigenvalue weighted by atomic mass is 10.1. The topological polar surface area (TPSA) is 51.4 Å². The molecule has 1 aromatic heterocycles. The molecule has 0 bridgehead atoms. The molecule has 2 N–H and O–H groups in total. The van der Waals surface area contributed by atoms with Crippen LogP contribution in [0.3, 0.4) is 0 Å². The number of halogens is 1. The monoisotopic (exact) mass is 241 g/mol. The van der Waals surface area contributed by atoms with E-state index in [4.69, 9.17) is 22.1 Å². The van der Waals surface area contributed by atoms with Crippen molar-refractivity contribution >= 4 is 17.3 Å². The zero-order valence-corrected chi connectivity index (χ0v) is 10.1. The number of hydrogen-bond acceptors (Lipinski definition) is 4. The third kappa shape index (κ3) is 2.77. The second-order valence-corrected chi connectivity index (χ2v) is 4.58. The third-order valence-electron chi connectivity index (χ3n) is 2.77. The Balaban J connectivity index is 1.98. The average Bonchev–Trinajstić information content (AvgIpc) is 2.25. The van der Waals surface area contributed by atoms with Gasteiger partial charge in [-0.2, -0.15) is 0 Å². The van der Waals surface area contributed by atoms with Gasteiger partial charge in [-0.3, -0.25) is 0 Å². The van der Waals surface area contributed by atoms with Gasteiger partial charge in [0, 0.05) is 13.1 Å². The summed E-state index contributed by atoms with van der Waals surface area (Å²) in [6, 6.07) is 1.67. The van der Waals surface area contributed by atoms with Crippen LogP contribution in [0.1, 0.15) is 12.8 Å². The second-order valence-electron chi connectivity index (χ2n) is 4.18. The Morgan fingerprint density at radius 2 is 2.19 bits per heavy atom. The van der Waals surface area contributed by atoms with E-state index in [9.17, 15) is 0 Å². The maximum Gasteiger partial charge on any atom is 0.232 e. The summed E-state index contributed by atoms with van der Waals surface area (Å²) in [5, 5.41) is 0.485. The van der Waals surface area contributed by atoms with Crippen LogP contribution in [0.5, 0.6) is 5.88 Å². The molecule has 0 atom stereocenters. The summed E-state index contributed by atoms with van der Waals surface area (Å²) in [6.07, 6.45) is 3.80. The molecule has 0 spiro atoms. The maximum absolute atomic E-state index is 6.00. The molecule has 1 aromatic rings. The van der Waals surface area contributed by atoms with Crippen molar-refractivity contribution in [3.05, 3.63) is 17.3 Å². The number of rotatable bonds is 2. The van der Waals surface area contributed by atoms with Crippen LogP contribution in [-0.2, 0) is 0 Å². The summed E-state index contributed by atoms with van der Waals surface area (Å²) >= 11 is 6.00. The Bertz CT molecular complexity index is 364. The van der Waals surface area contributed by atoms with Crippen LogP contribution in [-0.4, -0.2) is 36.1 Å². The summed E-state index contributed by atoms with van der Waals surface area (Å²) in [5.41, 5.74) is 6.13. The van der Waals surface area contributed by atoms with Gasteiger partial charge in [0.1, 0.15) is 11.1 Å². The molecule has 0 saturated carbocycles. The second kappa shape index (κ2) is 4.89. The maximum atomic E-state index is 6.00. The first-order chi connectivity index (χ1) is 7.65. The molecule has 0 amide bonds. The highest BCUT2D eigenvalue weighted by atomic mass is 35.5. The summed E-state index contributed by atoms with van der Waals surface area (Å²) in [4.78, 5) is 6.39. The first-order valence-electron chi connectivity index (χ1n) is 5.41. The van der Waals surface area contributed by atoms with Gasteiger partial charge in [0.05, 0.1) is 11.9 Å². The molecule has 5 heteroatoms. The molecule has 0 aliphatic carbocycles. The molecular weight excluding hydrogens is 226 g/mol. The zero-order chi connectivity index (χ0) is 11.5. The third-order valence-corrected chi connectivity index (χ3v) is 3.04.